The zero-order valence-electron chi connectivity index (χ0n) is 11.2. The number of amides is 1. The molecule has 2 heterocycles. The average Bonchev–Trinajstić information content (AvgIpc) is 2.86. The topological polar surface area (TPSA) is 101 Å². The molecule has 8 nitrogen and oxygen atoms in total. The molecule has 0 saturated heterocycles. The maximum Gasteiger partial charge on any atom is 0.339 e. The Balaban J connectivity index is 2.36. The smallest absolute Gasteiger partial charge is 0.339 e. The SMILES string of the molecule is Cc1nc(-n2ccc(C(=O)N(C)C)n2)ncc1C(=O)O. The second kappa shape index (κ2) is 5.08. The molecule has 2 rings (SSSR count). The minimum absolute atomic E-state index is 0.0329. The maximum atomic E-state index is 11.7. The first-order valence-corrected chi connectivity index (χ1v) is 5.75. The van der Waals surface area contributed by atoms with E-state index in [1.807, 2.05) is 0 Å². The van der Waals surface area contributed by atoms with Crippen molar-refractivity contribution in [1.82, 2.24) is 24.6 Å². The molecular formula is C12H13N5O3. The van der Waals surface area contributed by atoms with Gasteiger partial charge in [-0.05, 0) is 13.0 Å². The van der Waals surface area contributed by atoms with Crippen molar-refractivity contribution < 1.29 is 14.7 Å². The third-order valence-corrected chi connectivity index (χ3v) is 2.62. The van der Waals surface area contributed by atoms with Gasteiger partial charge in [-0.1, -0.05) is 0 Å². The predicted molar refractivity (Wildman–Crippen MR) is 68.9 cm³/mol. The van der Waals surface area contributed by atoms with Gasteiger partial charge in [0, 0.05) is 26.5 Å². The third-order valence-electron chi connectivity index (χ3n) is 2.62. The van der Waals surface area contributed by atoms with E-state index in [0.717, 1.165) is 0 Å². The number of carbonyl (C=O) groups excluding carboxylic acids is 1. The highest BCUT2D eigenvalue weighted by atomic mass is 16.4. The summed E-state index contributed by atoms with van der Waals surface area (Å²) in [4.78, 5) is 32.0. The van der Waals surface area contributed by atoms with E-state index < -0.39 is 5.97 Å². The highest BCUT2D eigenvalue weighted by Crippen LogP contribution is 2.08. The first-order valence-electron chi connectivity index (χ1n) is 5.75. The Morgan fingerprint density at radius 1 is 1.35 bits per heavy atom. The largest absolute Gasteiger partial charge is 0.478 e. The molecule has 0 bridgehead atoms. The molecule has 2 aromatic rings. The van der Waals surface area contributed by atoms with E-state index in [9.17, 15) is 9.59 Å². The van der Waals surface area contributed by atoms with Crippen molar-refractivity contribution in [3.63, 3.8) is 0 Å². The van der Waals surface area contributed by atoms with Crippen molar-refractivity contribution in [3.05, 3.63) is 35.4 Å². The van der Waals surface area contributed by atoms with Crippen LogP contribution < -0.4 is 0 Å². The Labute approximate surface area is 114 Å². The van der Waals surface area contributed by atoms with Gasteiger partial charge in [-0.25, -0.2) is 19.4 Å². The molecule has 0 unspecified atom stereocenters. The number of aromatic carboxylic acids is 1. The summed E-state index contributed by atoms with van der Waals surface area (Å²) >= 11 is 0. The molecule has 1 amide bonds. The molecule has 0 radical (unpaired) electrons. The molecule has 0 aromatic carbocycles. The van der Waals surface area contributed by atoms with E-state index in [1.54, 1.807) is 33.3 Å². The monoisotopic (exact) mass is 275 g/mol. The van der Waals surface area contributed by atoms with Crippen molar-refractivity contribution in [2.75, 3.05) is 14.1 Å². The second-order valence-electron chi connectivity index (χ2n) is 4.32. The average molecular weight is 275 g/mol. The normalized spacial score (nSPS) is 10.3. The first kappa shape index (κ1) is 13.7. The van der Waals surface area contributed by atoms with Crippen LogP contribution in [-0.4, -0.2) is 55.7 Å². The lowest BCUT2D eigenvalue weighted by atomic mass is 10.2. The van der Waals surface area contributed by atoms with Crippen molar-refractivity contribution in [2.45, 2.75) is 6.92 Å². The molecule has 1 N–H and O–H groups in total. The Bertz CT molecular complexity index is 677. The van der Waals surface area contributed by atoms with Crippen molar-refractivity contribution >= 4 is 11.9 Å². The highest BCUT2D eigenvalue weighted by molar-refractivity contribution is 5.91. The van der Waals surface area contributed by atoms with Gasteiger partial charge in [0.05, 0.1) is 11.3 Å². The molecule has 0 atom stereocenters. The van der Waals surface area contributed by atoms with Crippen molar-refractivity contribution in [1.29, 1.82) is 0 Å². The molecule has 0 aliphatic rings. The van der Waals surface area contributed by atoms with Crippen LogP contribution in [0.4, 0.5) is 0 Å². The molecule has 2 aromatic heterocycles. The van der Waals surface area contributed by atoms with E-state index in [0.29, 0.717) is 5.69 Å². The van der Waals surface area contributed by atoms with Gasteiger partial charge in [-0.3, -0.25) is 4.79 Å². The lowest BCUT2D eigenvalue weighted by Crippen LogP contribution is -2.22. The maximum absolute atomic E-state index is 11.7. The number of carboxylic acid groups (broad SMARTS) is 1. The summed E-state index contributed by atoms with van der Waals surface area (Å²) in [5.74, 6) is -1.11. The lowest BCUT2D eigenvalue weighted by molar-refractivity contribution is 0.0694. The third kappa shape index (κ3) is 2.48. The number of nitrogens with zero attached hydrogens (tertiary/aromatic N) is 5. The van der Waals surface area contributed by atoms with E-state index >= 15 is 0 Å². The van der Waals surface area contributed by atoms with E-state index in [-0.39, 0.29) is 23.1 Å². The van der Waals surface area contributed by atoms with Crippen LogP contribution in [-0.2, 0) is 0 Å². The van der Waals surface area contributed by atoms with Crippen LogP contribution in [0.1, 0.15) is 26.5 Å². The van der Waals surface area contributed by atoms with Crippen LogP contribution in [0.3, 0.4) is 0 Å². The van der Waals surface area contributed by atoms with Gasteiger partial charge < -0.3 is 10.0 Å². The van der Waals surface area contributed by atoms with E-state index in [1.165, 1.54) is 15.8 Å². The lowest BCUT2D eigenvalue weighted by Gasteiger charge is -2.07. The van der Waals surface area contributed by atoms with Crippen molar-refractivity contribution in [2.24, 2.45) is 0 Å². The zero-order valence-corrected chi connectivity index (χ0v) is 11.2. The molecule has 0 saturated carbocycles. The van der Waals surface area contributed by atoms with Gasteiger partial charge in [0.25, 0.3) is 11.9 Å². The molecule has 0 aliphatic heterocycles. The number of carboxylic acids is 1. The van der Waals surface area contributed by atoms with Crippen LogP contribution >= 0.6 is 0 Å². The summed E-state index contributed by atoms with van der Waals surface area (Å²) in [5, 5.41) is 13.0. The Kier molecular flexibility index (Phi) is 3.47. The summed E-state index contributed by atoms with van der Waals surface area (Å²) in [6, 6.07) is 1.55. The molecule has 8 heteroatoms. The molecule has 0 spiro atoms. The number of hydrogen-bond acceptors (Lipinski definition) is 5. The van der Waals surface area contributed by atoms with Gasteiger partial charge in [-0.15, -0.1) is 0 Å². The Morgan fingerprint density at radius 3 is 2.60 bits per heavy atom. The number of aromatic nitrogens is 4. The fraction of sp³-hybridized carbons (Fsp3) is 0.250. The van der Waals surface area contributed by atoms with E-state index in [4.69, 9.17) is 5.11 Å². The van der Waals surface area contributed by atoms with Gasteiger partial charge in [0.15, 0.2) is 5.69 Å². The Hall–Kier alpha value is -2.77. The molecule has 0 fully saturated rings. The quantitative estimate of drug-likeness (QED) is 0.868. The van der Waals surface area contributed by atoms with Crippen LogP contribution in [0.25, 0.3) is 5.95 Å². The van der Waals surface area contributed by atoms with Gasteiger partial charge in [0.1, 0.15) is 0 Å². The minimum Gasteiger partial charge on any atom is -0.478 e. The highest BCUT2D eigenvalue weighted by Gasteiger charge is 2.14. The fourth-order valence-electron chi connectivity index (χ4n) is 1.55. The predicted octanol–water partition coefficient (Wildman–Crippen LogP) is 0.371. The standard InChI is InChI=1S/C12H13N5O3/c1-7-8(11(19)20)6-13-12(14-7)17-5-4-9(15-17)10(18)16(2)3/h4-6H,1-3H3,(H,19,20). The summed E-state index contributed by atoms with van der Waals surface area (Å²) in [6.45, 7) is 1.57. The number of aryl methyl sites for hydroxylation is 1. The number of rotatable bonds is 3. The Morgan fingerprint density at radius 2 is 2.05 bits per heavy atom. The van der Waals surface area contributed by atoms with Gasteiger partial charge in [-0.2, -0.15) is 5.10 Å². The van der Waals surface area contributed by atoms with Crippen LogP contribution in [0, 0.1) is 6.92 Å². The first-order chi connectivity index (χ1) is 9.40. The van der Waals surface area contributed by atoms with Crippen molar-refractivity contribution in [3.8, 4) is 5.95 Å². The molecule has 20 heavy (non-hydrogen) atoms. The number of carbonyl (C=O) groups is 2. The molecular weight excluding hydrogens is 262 g/mol. The van der Waals surface area contributed by atoms with Gasteiger partial charge >= 0.3 is 5.97 Å². The summed E-state index contributed by atoms with van der Waals surface area (Å²) in [5.41, 5.74) is 0.627. The summed E-state index contributed by atoms with van der Waals surface area (Å²) < 4.78 is 1.33. The van der Waals surface area contributed by atoms with Gasteiger partial charge in [0.2, 0.25) is 0 Å². The van der Waals surface area contributed by atoms with E-state index in [2.05, 4.69) is 15.1 Å². The van der Waals surface area contributed by atoms with Crippen LogP contribution in [0.2, 0.25) is 0 Å². The minimum atomic E-state index is -1.09. The summed E-state index contributed by atoms with van der Waals surface area (Å²) in [6.07, 6.45) is 2.76. The molecule has 104 valence electrons. The number of hydrogen-bond donors (Lipinski definition) is 1. The zero-order chi connectivity index (χ0) is 14.9. The van der Waals surface area contributed by atoms with Crippen LogP contribution in [0.15, 0.2) is 18.5 Å². The van der Waals surface area contributed by atoms with Crippen LogP contribution in [0.5, 0.6) is 0 Å². The summed E-state index contributed by atoms with van der Waals surface area (Å²) in [7, 11) is 3.26. The molecule has 0 aliphatic carbocycles. The fourth-order valence-corrected chi connectivity index (χ4v) is 1.55. The second-order valence-corrected chi connectivity index (χ2v) is 4.32.